The van der Waals surface area contributed by atoms with Gasteiger partial charge in [0.25, 0.3) is 0 Å². The van der Waals surface area contributed by atoms with Crippen molar-refractivity contribution in [1.82, 2.24) is 15.0 Å². The van der Waals surface area contributed by atoms with Gasteiger partial charge in [0.15, 0.2) is 0 Å². The van der Waals surface area contributed by atoms with Crippen LogP contribution in [0.1, 0.15) is 43.5 Å². The first-order valence-electron chi connectivity index (χ1n) is 6.23. The monoisotopic (exact) mass is 234 g/mol. The topological polar surface area (TPSA) is 63.7 Å². The summed E-state index contributed by atoms with van der Waals surface area (Å²) in [5, 5.41) is 17.0. The molecule has 0 N–H and O–H groups in total. The minimum Gasteiger partial charge on any atom is -0.382 e. The van der Waals surface area contributed by atoms with Crippen molar-refractivity contribution >= 4 is 0 Å². The fourth-order valence-corrected chi connectivity index (χ4v) is 1.99. The Balaban J connectivity index is 1.98. The van der Waals surface area contributed by atoms with E-state index in [9.17, 15) is 0 Å². The highest BCUT2D eigenvalue weighted by atomic mass is 16.5. The number of ether oxygens (including phenoxy) is 1. The fraction of sp³-hybridized carbons (Fsp3) is 0.750. The number of hydrogen-bond donors (Lipinski definition) is 0. The summed E-state index contributed by atoms with van der Waals surface area (Å²) < 4.78 is 7.27. The first-order valence-corrected chi connectivity index (χ1v) is 6.23. The molecule has 0 amide bonds. The number of aryl methyl sites for hydroxylation is 1. The van der Waals surface area contributed by atoms with Gasteiger partial charge in [-0.1, -0.05) is 5.21 Å². The molecule has 2 rings (SSSR count). The molecule has 5 heteroatoms. The highest BCUT2D eigenvalue weighted by Crippen LogP contribution is 2.41. The maximum absolute atomic E-state index is 8.75. The standard InChI is InChI=1S/C12H18N4O/c1-2-17-9-3-8-16-12(10-4-5-10)11(6-7-13)14-15-16/h10H,2-6,8-9H2,1H3. The molecule has 92 valence electrons. The minimum atomic E-state index is 0.372. The van der Waals surface area contributed by atoms with Gasteiger partial charge in [0.05, 0.1) is 18.2 Å². The number of nitrogens with zero attached hydrogens (tertiary/aromatic N) is 4. The quantitative estimate of drug-likeness (QED) is 0.673. The SMILES string of the molecule is CCOCCCn1nnc(CC#N)c1C1CC1. The van der Waals surface area contributed by atoms with Crippen molar-refractivity contribution in [3.8, 4) is 6.07 Å². The predicted octanol–water partition coefficient (Wildman–Crippen LogP) is 1.65. The minimum absolute atomic E-state index is 0.372. The van der Waals surface area contributed by atoms with Gasteiger partial charge in [-0.05, 0) is 26.2 Å². The maximum atomic E-state index is 8.75. The summed E-state index contributed by atoms with van der Waals surface area (Å²) in [6.07, 6.45) is 3.73. The average molecular weight is 234 g/mol. The van der Waals surface area contributed by atoms with E-state index in [-0.39, 0.29) is 0 Å². The zero-order valence-electron chi connectivity index (χ0n) is 10.2. The van der Waals surface area contributed by atoms with Crippen LogP contribution in [0.4, 0.5) is 0 Å². The van der Waals surface area contributed by atoms with Crippen molar-refractivity contribution in [2.24, 2.45) is 0 Å². The third-order valence-electron chi connectivity index (χ3n) is 2.92. The van der Waals surface area contributed by atoms with E-state index in [4.69, 9.17) is 10.00 Å². The van der Waals surface area contributed by atoms with E-state index in [1.165, 1.54) is 18.5 Å². The van der Waals surface area contributed by atoms with Crippen LogP contribution in [0.2, 0.25) is 0 Å². The Morgan fingerprint density at radius 1 is 1.53 bits per heavy atom. The van der Waals surface area contributed by atoms with Crippen molar-refractivity contribution < 1.29 is 4.74 Å². The number of aromatic nitrogens is 3. The molecule has 0 aromatic carbocycles. The largest absolute Gasteiger partial charge is 0.382 e. The molecule has 0 bridgehead atoms. The molecule has 0 radical (unpaired) electrons. The van der Waals surface area contributed by atoms with Crippen LogP contribution in [-0.4, -0.2) is 28.2 Å². The molecule has 1 aromatic heterocycles. The Morgan fingerprint density at radius 3 is 3.00 bits per heavy atom. The van der Waals surface area contributed by atoms with Crippen molar-refractivity contribution in [2.75, 3.05) is 13.2 Å². The lowest BCUT2D eigenvalue weighted by atomic mass is 10.2. The summed E-state index contributed by atoms with van der Waals surface area (Å²) in [4.78, 5) is 0. The molecule has 5 nitrogen and oxygen atoms in total. The smallest absolute Gasteiger partial charge is 0.100 e. The van der Waals surface area contributed by atoms with E-state index in [1.54, 1.807) is 0 Å². The molecule has 1 aromatic rings. The Kier molecular flexibility index (Phi) is 4.10. The van der Waals surface area contributed by atoms with Crippen LogP contribution < -0.4 is 0 Å². The summed E-state index contributed by atoms with van der Waals surface area (Å²) in [5.74, 6) is 0.584. The molecule has 0 spiro atoms. The lowest BCUT2D eigenvalue weighted by Crippen LogP contribution is -2.08. The zero-order valence-corrected chi connectivity index (χ0v) is 10.2. The van der Waals surface area contributed by atoms with Crippen molar-refractivity contribution in [3.05, 3.63) is 11.4 Å². The molecule has 17 heavy (non-hydrogen) atoms. The third kappa shape index (κ3) is 3.04. The van der Waals surface area contributed by atoms with Gasteiger partial charge in [0.1, 0.15) is 5.69 Å². The van der Waals surface area contributed by atoms with E-state index in [0.717, 1.165) is 31.9 Å². The van der Waals surface area contributed by atoms with Crippen LogP contribution >= 0.6 is 0 Å². The second-order valence-electron chi connectivity index (χ2n) is 4.30. The molecular formula is C12H18N4O. The summed E-state index contributed by atoms with van der Waals surface area (Å²) in [6.45, 7) is 4.35. The first kappa shape index (κ1) is 12.1. The van der Waals surface area contributed by atoms with Crippen LogP contribution in [0.3, 0.4) is 0 Å². The lowest BCUT2D eigenvalue weighted by molar-refractivity contribution is 0.140. The van der Waals surface area contributed by atoms with E-state index < -0.39 is 0 Å². The van der Waals surface area contributed by atoms with Gasteiger partial charge in [-0.25, -0.2) is 4.68 Å². The van der Waals surface area contributed by atoms with Crippen molar-refractivity contribution in [3.63, 3.8) is 0 Å². The van der Waals surface area contributed by atoms with E-state index >= 15 is 0 Å². The summed E-state index contributed by atoms with van der Waals surface area (Å²) in [6, 6.07) is 2.16. The Morgan fingerprint density at radius 2 is 2.35 bits per heavy atom. The van der Waals surface area contributed by atoms with Crippen LogP contribution in [0.5, 0.6) is 0 Å². The van der Waals surface area contributed by atoms with Crippen LogP contribution in [0.15, 0.2) is 0 Å². The zero-order chi connectivity index (χ0) is 12.1. The van der Waals surface area contributed by atoms with E-state index in [0.29, 0.717) is 12.3 Å². The number of nitriles is 1. The highest BCUT2D eigenvalue weighted by molar-refractivity contribution is 5.22. The van der Waals surface area contributed by atoms with Crippen LogP contribution in [-0.2, 0) is 17.7 Å². The molecule has 1 saturated carbocycles. The molecule has 1 aliphatic carbocycles. The molecule has 0 aliphatic heterocycles. The van der Waals surface area contributed by atoms with Gasteiger partial charge in [0, 0.05) is 25.7 Å². The lowest BCUT2D eigenvalue weighted by Gasteiger charge is -2.06. The van der Waals surface area contributed by atoms with Crippen molar-refractivity contribution in [2.45, 2.75) is 45.1 Å². The van der Waals surface area contributed by atoms with E-state index in [2.05, 4.69) is 16.4 Å². The molecule has 1 fully saturated rings. The average Bonchev–Trinajstić information content (AvgIpc) is 3.09. The van der Waals surface area contributed by atoms with Gasteiger partial charge in [0.2, 0.25) is 0 Å². The molecule has 0 unspecified atom stereocenters. The molecule has 0 saturated heterocycles. The Bertz CT molecular complexity index is 403. The second kappa shape index (κ2) is 5.78. The van der Waals surface area contributed by atoms with Crippen LogP contribution in [0, 0.1) is 11.3 Å². The molecular weight excluding hydrogens is 216 g/mol. The molecule has 0 atom stereocenters. The van der Waals surface area contributed by atoms with Gasteiger partial charge in [-0.2, -0.15) is 5.26 Å². The third-order valence-corrected chi connectivity index (χ3v) is 2.92. The van der Waals surface area contributed by atoms with Gasteiger partial charge in [-0.15, -0.1) is 5.10 Å². The Labute approximate surface area is 101 Å². The normalized spacial score (nSPS) is 14.8. The number of rotatable bonds is 7. The maximum Gasteiger partial charge on any atom is 0.100 e. The fourth-order valence-electron chi connectivity index (χ4n) is 1.99. The molecule has 1 aliphatic rings. The van der Waals surface area contributed by atoms with Crippen molar-refractivity contribution in [1.29, 1.82) is 5.26 Å². The summed E-state index contributed by atoms with van der Waals surface area (Å²) >= 11 is 0. The summed E-state index contributed by atoms with van der Waals surface area (Å²) in [7, 11) is 0. The summed E-state index contributed by atoms with van der Waals surface area (Å²) in [5.41, 5.74) is 2.05. The second-order valence-corrected chi connectivity index (χ2v) is 4.30. The van der Waals surface area contributed by atoms with Gasteiger partial charge < -0.3 is 4.74 Å². The highest BCUT2D eigenvalue weighted by Gasteiger charge is 2.30. The van der Waals surface area contributed by atoms with Gasteiger partial charge in [-0.3, -0.25) is 0 Å². The molecule has 1 heterocycles. The predicted molar refractivity (Wildman–Crippen MR) is 62.4 cm³/mol. The van der Waals surface area contributed by atoms with Gasteiger partial charge >= 0.3 is 0 Å². The Hall–Kier alpha value is -1.41. The first-order chi connectivity index (χ1) is 8.36. The number of hydrogen-bond acceptors (Lipinski definition) is 4. The van der Waals surface area contributed by atoms with E-state index in [1.807, 2.05) is 11.6 Å². The van der Waals surface area contributed by atoms with Crippen LogP contribution in [0.25, 0.3) is 0 Å².